The molecule has 0 radical (unpaired) electrons. The van der Waals surface area contributed by atoms with E-state index in [0.29, 0.717) is 44.6 Å². The van der Waals surface area contributed by atoms with E-state index in [2.05, 4.69) is 12.6 Å². The van der Waals surface area contributed by atoms with Crippen molar-refractivity contribution in [2.24, 2.45) is 5.92 Å². The molecule has 1 aliphatic rings. The van der Waals surface area contributed by atoms with E-state index in [0.717, 1.165) is 11.1 Å². The molecule has 2 aromatic carbocycles. The van der Waals surface area contributed by atoms with Gasteiger partial charge in [0, 0.05) is 38.2 Å². The van der Waals surface area contributed by atoms with Crippen LogP contribution in [0.4, 0.5) is 0 Å². The van der Waals surface area contributed by atoms with Crippen LogP contribution in [0, 0.1) is 17.2 Å². The lowest BCUT2D eigenvalue weighted by atomic mass is 9.94. The first kappa shape index (κ1) is 22.0. The van der Waals surface area contributed by atoms with Crippen LogP contribution in [0.2, 0.25) is 0 Å². The van der Waals surface area contributed by atoms with E-state index in [1.54, 1.807) is 29.2 Å². The van der Waals surface area contributed by atoms with Gasteiger partial charge >= 0.3 is 0 Å². The molecule has 2 aromatic rings. The largest absolute Gasteiger partial charge is 0.339 e. The number of amides is 2. The normalized spacial score (nSPS) is 14.2. The first-order chi connectivity index (χ1) is 15.1. The highest BCUT2D eigenvalue weighted by Gasteiger charge is 2.29. The molecule has 3 rings (SSSR count). The number of piperidine rings is 1. The summed E-state index contributed by atoms with van der Waals surface area (Å²) in [6.07, 6.45) is 6.47. The Morgan fingerprint density at radius 1 is 1.10 bits per heavy atom. The van der Waals surface area contributed by atoms with Gasteiger partial charge < -0.3 is 9.80 Å². The third-order valence-electron chi connectivity index (χ3n) is 5.49. The Hall–Kier alpha value is -3.65. The Morgan fingerprint density at radius 3 is 2.39 bits per heavy atom. The van der Waals surface area contributed by atoms with E-state index in [1.807, 2.05) is 53.4 Å². The van der Waals surface area contributed by atoms with Gasteiger partial charge in [0.05, 0.1) is 11.6 Å². The quantitative estimate of drug-likeness (QED) is 0.509. The number of hydrogen-bond acceptors (Lipinski definition) is 3. The van der Waals surface area contributed by atoms with Crippen molar-refractivity contribution in [1.29, 1.82) is 5.26 Å². The third kappa shape index (κ3) is 6.16. The van der Waals surface area contributed by atoms with E-state index < -0.39 is 0 Å². The Balaban J connectivity index is 1.55. The molecule has 1 fully saturated rings. The van der Waals surface area contributed by atoms with E-state index in [-0.39, 0.29) is 17.7 Å². The maximum absolute atomic E-state index is 13.1. The minimum Gasteiger partial charge on any atom is -0.339 e. The van der Waals surface area contributed by atoms with Gasteiger partial charge in [0.15, 0.2) is 0 Å². The molecule has 0 N–H and O–H groups in total. The number of carbonyl (C=O) groups is 2. The van der Waals surface area contributed by atoms with E-state index in [1.165, 1.54) is 0 Å². The SMILES string of the molecule is C=CCN(Cc1ccc(C#N)cc1)C(=O)C1CCN(C(=O)/C=C/c2ccccc2)CC1. The van der Waals surface area contributed by atoms with Crippen LogP contribution in [0.5, 0.6) is 0 Å². The summed E-state index contributed by atoms with van der Waals surface area (Å²) in [6, 6.07) is 19.1. The van der Waals surface area contributed by atoms with Crippen LogP contribution >= 0.6 is 0 Å². The average molecular weight is 414 g/mol. The molecule has 5 heteroatoms. The Labute approximate surface area is 183 Å². The van der Waals surface area contributed by atoms with Gasteiger partial charge in [0.2, 0.25) is 11.8 Å². The minimum atomic E-state index is -0.0968. The molecule has 0 aromatic heterocycles. The van der Waals surface area contributed by atoms with Crippen LogP contribution in [-0.4, -0.2) is 41.2 Å². The lowest BCUT2D eigenvalue weighted by Gasteiger charge is -2.33. The van der Waals surface area contributed by atoms with E-state index in [4.69, 9.17) is 5.26 Å². The summed E-state index contributed by atoms with van der Waals surface area (Å²) in [5.74, 6) is -0.0213. The summed E-state index contributed by atoms with van der Waals surface area (Å²) < 4.78 is 0. The van der Waals surface area contributed by atoms with Gasteiger partial charge in [0.25, 0.3) is 0 Å². The summed E-state index contributed by atoms with van der Waals surface area (Å²) in [5.41, 5.74) is 2.57. The average Bonchev–Trinajstić information content (AvgIpc) is 2.83. The summed E-state index contributed by atoms with van der Waals surface area (Å²) >= 11 is 0. The van der Waals surface area contributed by atoms with Crippen molar-refractivity contribution in [2.45, 2.75) is 19.4 Å². The number of benzene rings is 2. The van der Waals surface area contributed by atoms with E-state index >= 15 is 0 Å². The van der Waals surface area contributed by atoms with E-state index in [9.17, 15) is 9.59 Å². The lowest BCUT2D eigenvalue weighted by Crippen LogP contribution is -2.44. The van der Waals surface area contributed by atoms with Crippen LogP contribution in [0.25, 0.3) is 6.08 Å². The van der Waals surface area contributed by atoms with Gasteiger partial charge in [-0.25, -0.2) is 0 Å². The topological polar surface area (TPSA) is 64.4 Å². The van der Waals surface area contributed by atoms with Gasteiger partial charge in [-0.15, -0.1) is 6.58 Å². The molecule has 0 bridgehead atoms. The second-order valence-electron chi connectivity index (χ2n) is 7.66. The number of hydrogen-bond donors (Lipinski definition) is 0. The van der Waals surface area contributed by atoms with Crippen molar-refractivity contribution >= 4 is 17.9 Å². The van der Waals surface area contributed by atoms with Crippen molar-refractivity contribution in [3.05, 3.63) is 90.0 Å². The first-order valence-electron chi connectivity index (χ1n) is 10.5. The fourth-order valence-electron chi connectivity index (χ4n) is 3.74. The zero-order valence-corrected chi connectivity index (χ0v) is 17.6. The van der Waals surface area contributed by atoms with Crippen LogP contribution < -0.4 is 0 Å². The second kappa shape index (κ2) is 10.9. The molecule has 0 atom stereocenters. The molecule has 1 aliphatic heterocycles. The minimum absolute atomic E-state index is 0.0183. The van der Waals surface area contributed by atoms with Crippen molar-refractivity contribution in [2.75, 3.05) is 19.6 Å². The molecular formula is C26H27N3O2. The summed E-state index contributed by atoms with van der Waals surface area (Å²) in [7, 11) is 0. The summed E-state index contributed by atoms with van der Waals surface area (Å²) in [4.78, 5) is 29.2. The maximum Gasteiger partial charge on any atom is 0.246 e. The van der Waals surface area contributed by atoms with Crippen molar-refractivity contribution < 1.29 is 9.59 Å². The molecule has 31 heavy (non-hydrogen) atoms. The number of carbonyl (C=O) groups excluding carboxylic acids is 2. The van der Waals surface area contributed by atoms with Crippen molar-refractivity contribution in [1.82, 2.24) is 9.80 Å². The number of nitriles is 1. The number of rotatable bonds is 7. The lowest BCUT2D eigenvalue weighted by molar-refractivity contribution is -0.139. The molecule has 0 saturated carbocycles. The fraction of sp³-hybridized carbons (Fsp3) is 0.269. The third-order valence-corrected chi connectivity index (χ3v) is 5.49. The molecule has 0 unspecified atom stereocenters. The number of likely N-dealkylation sites (tertiary alicyclic amines) is 1. The van der Waals surface area contributed by atoms with Gasteiger partial charge in [-0.1, -0.05) is 48.5 Å². The Bertz CT molecular complexity index is 966. The van der Waals surface area contributed by atoms with Crippen molar-refractivity contribution in [3.63, 3.8) is 0 Å². The smallest absolute Gasteiger partial charge is 0.246 e. The zero-order valence-electron chi connectivity index (χ0n) is 17.6. The number of nitrogens with zero attached hydrogens (tertiary/aromatic N) is 3. The van der Waals surface area contributed by atoms with Crippen LogP contribution in [0.15, 0.2) is 73.3 Å². The van der Waals surface area contributed by atoms with Crippen LogP contribution in [-0.2, 0) is 16.1 Å². The summed E-state index contributed by atoms with van der Waals surface area (Å²) in [6.45, 7) is 5.89. The maximum atomic E-state index is 13.1. The zero-order chi connectivity index (χ0) is 22.1. The van der Waals surface area contributed by atoms with Crippen LogP contribution in [0.3, 0.4) is 0 Å². The van der Waals surface area contributed by atoms with Crippen molar-refractivity contribution in [3.8, 4) is 6.07 Å². The Kier molecular flexibility index (Phi) is 7.78. The Morgan fingerprint density at radius 2 is 1.77 bits per heavy atom. The molecule has 5 nitrogen and oxygen atoms in total. The molecule has 0 spiro atoms. The molecule has 1 heterocycles. The standard InChI is InChI=1S/C26H27N3O2/c1-2-16-29(20-23-10-8-22(19-27)9-11-23)26(31)24-14-17-28(18-15-24)25(30)13-12-21-6-4-3-5-7-21/h2-13,24H,1,14-18,20H2/b13-12+. The highest BCUT2D eigenvalue weighted by Crippen LogP contribution is 2.21. The predicted molar refractivity (Wildman–Crippen MR) is 122 cm³/mol. The molecule has 1 saturated heterocycles. The molecule has 0 aliphatic carbocycles. The van der Waals surface area contributed by atoms with Gasteiger partial charge in [0.1, 0.15) is 0 Å². The van der Waals surface area contributed by atoms with Crippen LogP contribution in [0.1, 0.15) is 29.5 Å². The first-order valence-corrected chi connectivity index (χ1v) is 10.5. The molecule has 158 valence electrons. The van der Waals surface area contributed by atoms with Gasteiger partial charge in [-0.3, -0.25) is 9.59 Å². The molecule has 2 amide bonds. The monoisotopic (exact) mass is 413 g/mol. The predicted octanol–water partition coefficient (Wildman–Crippen LogP) is 4.02. The highest BCUT2D eigenvalue weighted by molar-refractivity contribution is 5.92. The van der Waals surface area contributed by atoms with Gasteiger partial charge in [-0.2, -0.15) is 5.26 Å². The highest BCUT2D eigenvalue weighted by atomic mass is 16.2. The second-order valence-corrected chi connectivity index (χ2v) is 7.66. The summed E-state index contributed by atoms with van der Waals surface area (Å²) in [5, 5.41) is 8.95. The molecular weight excluding hydrogens is 386 g/mol. The van der Waals surface area contributed by atoms with Gasteiger partial charge in [-0.05, 0) is 42.2 Å². The fourth-order valence-corrected chi connectivity index (χ4v) is 3.74.